The highest BCUT2D eigenvalue weighted by Gasteiger charge is 2.25. The van der Waals surface area contributed by atoms with Crippen LogP contribution in [-0.4, -0.2) is 38.4 Å². The molecule has 2 aromatic heterocycles. The molecule has 10 nitrogen and oxygen atoms in total. The molecule has 2 aromatic rings. The molecule has 0 spiro atoms. The monoisotopic (exact) mass is 331 g/mol. The number of nitrogens with zero attached hydrogens (tertiary/aromatic N) is 4. The number of methoxy groups -OCH3 is 1. The first-order valence-electron chi connectivity index (χ1n) is 4.80. The SMILES string of the molecule is COC(=O)Cc1nnc(-c2n[nH]c([N+](=O)[O-])c2Br)o1. The molecule has 0 radical (unpaired) electrons. The molecule has 2 rings (SSSR count). The van der Waals surface area contributed by atoms with Crippen LogP contribution in [0.4, 0.5) is 5.82 Å². The van der Waals surface area contributed by atoms with Gasteiger partial charge >= 0.3 is 11.8 Å². The van der Waals surface area contributed by atoms with Crippen LogP contribution < -0.4 is 0 Å². The number of nitro groups is 1. The number of rotatable bonds is 4. The number of hydrogen-bond acceptors (Lipinski definition) is 8. The highest BCUT2D eigenvalue weighted by molar-refractivity contribution is 9.10. The molecule has 0 atom stereocenters. The van der Waals surface area contributed by atoms with Gasteiger partial charge in [0, 0.05) is 0 Å². The molecule has 0 aromatic carbocycles. The molecule has 0 aliphatic rings. The second kappa shape index (κ2) is 5.14. The van der Waals surface area contributed by atoms with E-state index in [0.29, 0.717) is 0 Å². The summed E-state index contributed by atoms with van der Waals surface area (Å²) >= 11 is 3.01. The van der Waals surface area contributed by atoms with E-state index in [4.69, 9.17) is 4.42 Å². The number of ether oxygens (including phenoxy) is 1. The molecule has 0 saturated heterocycles. The fourth-order valence-electron chi connectivity index (χ4n) is 1.20. The number of carbonyl (C=O) groups is 1. The van der Waals surface area contributed by atoms with E-state index >= 15 is 0 Å². The molecule has 0 unspecified atom stereocenters. The number of nitrogens with one attached hydrogen (secondary N) is 1. The van der Waals surface area contributed by atoms with Crippen molar-refractivity contribution in [2.75, 3.05) is 7.11 Å². The van der Waals surface area contributed by atoms with E-state index in [1.54, 1.807) is 0 Å². The van der Waals surface area contributed by atoms with E-state index in [1.807, 2.05) is 0 Å². The third-order valence-corrected chi connectivity index (χ3v) is 2.82. The topological polar surface area (TPSA) is 137 Å². The number of halogens is 1. The first kappa shape index (κ1) is 13.1. The Kier molecular flexibility index (Phi) is 3.55. The number of hydrogen-bond donors (Lipinski definition) is 1. The van der Waals surface area contributed by atoms with Crippen molar-refractivity contribution in [2.24, 2.45) is 0 Å². The van der Waals surface area contributed by atoms with Crippen molar-refractivity contribution in [3.05, 3.63) is 20.5 Å². The summed E-state index contributed by atoms with van der Waals surface area (Å²) in [4.78, 5) is 21.0. The molecule has 0 amide bonds. The van der Waals surface area contributed by atoms with E-state index in [2.05, 4.69) is 41.1 Å². The zero-order valence-corrected chi connectivity index (χ0v) is 11.0. The third-order valence-electron chi connectivity index (χ3n) is 2.06. The molecule has 11 heteroatoms. The minimum absolute atomic E-state index is 0.0272. The average Bonchev–Trinajstić information content (AvgIpc) is 2.95. The molecule has 0 aliphatic heterocycles. The number of aromatic amines is 1. The van der Waals surface area contributed by atoms with E-state index < -0.39 is 10.9 Å². The molecule has 100 valence electrons. The minimum Gasteiger partial charge on any atom is -0.469 e. The number of carbonyl (C=O) groups excluding carboxylic acids is 1. The Labute approximate surface area is 113 Å². The average molecular weight is 332 g/mol. The molecular weight excluding hydrogens is 326 g/mol. The van der Waals surface area contributed by atoms with E-state index in [-0.39, 0.29) is 34.2 Å². The van der Waals surface area contributed by atoms with Crippen molar-refractivity contribution in [1.29, 1.82) is 0 Å². The first-order chi connectivity index (χ1) is 9.02. The van der Waals surface area contributed by atoms with E-state index in [0.717, 1.165) is 0 Å². The standard InChI is InChI=1S/C8H6BrN5O5/c1-18-4(15)2-3-10-13-8(19-3)6-5(9)7(12-11-6)14(16)17/h2H2,1H3,(H,11,12). The molecule has 0 fully saturated rings. The number of esters is 1. The predicted octanol–water partition coefficient (Wildman–Crippen LogP) is 0.846. The van der Waals surface area contributed by atoms with E-state index in [1.165, 1.54) is 7.11 Å². The van der Waals surface area contributed by atoms with Crippen molar-refractivity contribution in [3.63, 3.8) is 0 Å². The van der Waals surface area contributed by atoms with Gasteiger partial charge in [-0.3, -0.25) is 4.79 Å². The van der Waals surface area contributed by atoms with Gasteiger partial charge in [0.15, 0.2) is 5.69 Å². The van der Waals surface area contributed by atoms with E-state index in [9.17, 15) is 14.9 Å². The van der Waals surface area contributed by atoms with Gasteiger partial charge in [-0.05, 0) is 20.9 Å². The van der Waals surface area contributed by atoms with Gasteiger partial charge in [-0.15, -0.1) is 15.3 Å². The van der Waals surface area contributed by atoms with Crippen LogP contribution in [0, 0.1) is 10.1 Å². The zero-order chi connectivity index (χ0) is 14.0. The highest BCUT2D eigenvalue weighted by Crippen LogP contribution is 2.32. The van der Waals surface area contributed by atoms with Gasteiger partial charge < -0.3 is 19.3 Å². The Morgan fingerprint density at radius 1 is 1.58 bits per heavy atom. The lowest BCUT2D eigenvalue weighted by molar-refractivity contribution is -0.390. The summed E-state index contributed by atoms with van der Waals surface area (Å²) < 4.78 is 9.69. The summed E-state index contributed by atoms with van der Waals surface area (Å²) in [6.07, 6.45) is -0.187. The molecule has 2 heterocycles. The van der Waals surface area contributed by atoms with Crippen LogP contribution in [0.2, 0.25) is 0 Å². The van der Waals surface area contributed by atoms with Gasteiger partial charge in [-0.25, -0.2) is 0 Å². The maximum atomic E-state index is 11.0. The molecular formula is C8H6BrN5O5. The Balaban J connectivity index is 2.28. The van der Waals surface area contributed by atoms with Gasteiger partial charge in [-0.1, -0.05) is 5.10 Å². The van der Waals surface area contributed by atoms with Crippen molar-refractivity contribution in [1.82, 2.24) is 20.4 Å². The normalized spacial score (nSPS) is 10.4. The quantitative estimate of drug-likeness (QED) is 0.494. The Bertz CT molecular complexity index is 635. The van der Waals surface area contributed by atoms with Crippen molar-refractivity contribution < 1.29 is 18.9 Å². The number of H-pyrrole nitrogens is 1. The van der Waals surface area contributed by atoms with Gasteiger partial charge in [0.1, 0.15) is 10.9 Å². The first-order valence-corrected chi connectivity index (χ1v) is 5.60. The van der Waals surface area contributed by atoms with Crippen molar-refractivity contribution >= 4 is 27.7 Å². The third kappa shape index (κ3) is 2.59. The summed E-state index contributed by atoms with van der Waals surface area (Å²) in [5.41, 5.74) is 0.0929. The Hall–Kier alpha value is -2.30. The molecule has 19 heavy (non-hydrogen) atoms. The Morgan fingerprint density at radius 3 is 2.89 bits per heavy atom. The zero-order valence-electron chi connectivity index (χ0n) is 9.42. The fraction of sp³-hybridized carbons (Fsp3) is 0.250. The summed E-state index contributed by atoms with van der Waals surface area (Å²) in [6, 6.07) is 0. The Morgan fingerprint density at radius 2 is 2.32 bits per heavy atom. The van der Waals surface area contributed by atoms with Crippen molar-refractivity contribution in [3.8, 4) is 11.6 Å². The van der Waals surface area contributed by atoms with Crippen LogP contribution in [0.1, 0.15) is 5.89 Å². The predicted molar refractivity (Wildman–Crippen MR) is 62.0 cm³/mol. The number of aromatic nitrogens is 4. The largest absolute Gasteiger partial charge is 0.469 e. The van der Waals surface area contributed by atoms with Gasteiger partial charge in [-0.2, -0.15) is 0 Å². The van der Waals surface area contributed by atoms with Crippen LogP contribution in [-0.2, 0) is 16.0 Å². The van der Waals surface area contributed by atoms with Crippen LogP contribution in [0.5, 0.6) is 0 Å². The van der Waals surface area contributed by atoms with Crippen LogP contribution in [0.15, 0.2) is 8.89 Å². The van der Waals surface area contributed by atoms with Gasteiger partial charge in [0.25, 0.3) is 5.89 Å². The summed E-state index contributed by atoms with van der Waals surface area (Å²) in [5, 5.41) is 23.8. The molecule has 0 aliphatic carbocycles. The molecule has 1 N–H and O–H groups in total. The summed E-state index contributed by atoms with van der Waals surface area (Å²) in [7, 11) is 1.23. The van der Waals surface area contributed by atoms with Crippen LogP contribution >= 0.6 is 15.9 Å². The van der Waals surface area contributed by atoms with Crippen LogP contribution in [0.3, 0.4) is 0 Å². The lowest BCUT2D eigenvalue weighted by Crippen LogP contribution is -2.04. The lowest BCUT2D eigenvalue weighted by atomic mass is 10.4. The summed E-state index contributed by atoms with van der Waals surface area (Å²) in [6.45, 7) is 0. The lowest BCUT2D eigenvalue weighted by Gasteiger charge is -1.92. The van der Waals surface area contributed by atoms with Crippen molar-refractivity contribution in [2.45, 2.75) is 6.42 Å². The van der Waals surface area contributed by atoms with Gasteiger partial charge in [0.05, 0.1) is 7.11 Å². The maximum absolute atomic E-state index is 11.0. The van der Waals surface area contributed by atoms with Gasteiger partial charge in [0.2, 0.25) is 5.89 Å². The second-order valence-electron chi connectivity index (χ2n) is 3.25. The highest BCUT2D eigenvalue weighted by atomic mass is 79.9. The minimum atomic E-state index is -0.647. The molecule has 0 bridgehead atoms. The van der Waals surface area contributed by atoms with Crippen LogP contribution in [0.25, 0.3) is 11.6 Å². The maximum Gasteiger partial charge on any atom is 0.357 e. The smallest absolute Gasteiger partial charge is 0.357 e. The second-order valence-corrected chi connectivity index (χ2v) is 4.04. The fourth-order valence-corrected chi connectivity index (χ4v) is 1.69. The molecule has 0 saturated carbocycles. The summed E-state index contributed by atoms with van der Waals surface area (Å²) in [5.74, 6) is -0.889.